The lowest BCUT2D eigenvalue weighted by Crippen LogP contribution is -1.36. The molecule has 0 aromatic heterocycles. The highest BCUT2D eigenvalue weighted by Crippen LogP contribution is 1.66. The number of allylic oxidation sites excluding steroid dienone is 1. The highest BCUT2D eigenvalue weighted by Gasteiger charge is 1.45. The molecule has 1 heteroatoms. The molecule has 42 valence electrons. The van der Waals surface area contributed by atoms with Crippen LogP contribution in [0, 0.1) is 0 Å². The maximum Gasteiger partial charge on any atom is 0.116 e. The third kappa shape index (κ3) is 374. The van der Waals surface area contributed by atoms with Crippen molar-refractivity contribution in [1.29, 1.82) is 0 Å². The second-order valence-corrected chi connectivity index (χ2v) is 0.933. The van der Waals surface area contributed by atoms with Crippen LogP contribution in [0.4, 0.5) is 0 Å². The van der Waals surface area contributed by atoms with Gasteiger partial charge >= 0.3 is 0 Å². The van der Waals surface area contributed by atoms with E-state index in [-0.39, 0.29) is 0 Å². The van der Waals surface area contributed by atoms with E-state index in [4.69, 9.17) is 4.79 Å². The highest BCUT2D eigenvalue weighted by molar-refractivity contribution is 5.44. The third-order valence-electron chi connectivity index (χ3n) is 0.289. The molecule has 0 aromatic rings. The second kappa shape index (κ2) is 18.1. The van der Waals surface area contributed by atoms with Gasteiger partial charge < -0.3 is 4.79 Å². The maximum atomic E-state index is 8.81. The Hall–Kier alpha value is -0.590. The lowest BCUT2D eigenvalue weighted by molar-refractivity contribution is -0.106. The first-order valence-electron chi connectivity index (χ1n) is 2.34. The number of hydrogen-bond donors (Lipinski definition) is 0. The van der Waals surface area contributed by atoms with Crippen LogP contribution in [0.25, 0.3) is 0 Å². The number of rotatable bonds is 1. The van der Waals surface area contributed by atoms with E-state index in [2.05, 4.69) is 13.5 Å². The van der Waals surface area contributed by atoms with E-state index in [9.17, 15) is 0 Å². The van der Waals surface area contributed by atoms with Crippen LogP contribution in [0.15, 0.2) is 12.7 Å². The molecule has 0 atom stereocenters. The predicted molar refractivity (Wildman–Crippen MR) is 32.2 cm³/mol. The van der Waals surface area contributed by atoms with Crippen molar-refractivity contribution >= 4 is 6.29 Å². The van der Waals surface area contributed by atoms with Crippen molar-refractivity contribution in [2.45, 2.75) is 20.3 Å². The van der Waals surface area contributed by atoms with Crippen LogP contribution in [0.1, 0.15) is 20.3 Å². The van der Waals surface area contributed by atoms with Gasteiger partial charge in [0.15, 0.2) is 0 Å². The fourth-order valence-electron chi connectivity index (χ4n) is 0. The summed E-state index contributed by atoms with van der Waals surface area (Å²) < 4.78 is 0. The molecule has 1 nitrogen and oxygen atoms in total. The summed E-state index contributed by atoms with van der Waals surface area (Å²) >= 11 is 0. The van der Waals surface area contributed by atoms with E-state index < -0.39 is 0 Å². The summed E-state index contributed by atoms with van der Waals surface area (Å²) in [5, 5.41) is 0. The van der Waals surface area contributed by atoms with E-state index in [0.29, 0.717) is 0 Å². The number of hydrogen-bond acceptors (Lipinski definition) is 1. The van der Waals surface area contributed by atoms with Gasteiger partial charge in [0.1, 0.15) is 6.29 Å². The molecule has 0 aliphatic heterocycles. The summed E-state index contributed by atoms with van der Waals surface area (Å²) in [4.78, 5) is 8.81. The molecule has 0 radical (unpaired) electrons. The minimum atomic E-state index is 0.750. The zero-order chi connectivity index (χ0) is 6.12. The smallest absolute Gasteiger partial charge is 0.116 e. The zero-order valence-corrected chi connectivity index (χ0v) is 4.98. The molecular formula is C6H12O. The SMILES string of the molecule is C=CCC.CC=O. The molecule has 0 fully saturated rings. The molecule has 0 unspecified atom stereocenters. The Morgan fingerprint density at radius 1 is 1.71 bits per heavy atom. The van der Waals surface area contributed by atoms with Crippen molar-refractivity contribution in [3.63, 3.8) is 0 Å². The van der Waals surface area contributed by atoms with Gasteiger partial charge in [-0.2, -0.15) is 0 Å². The Kier molecular flexibility index (Phi) is 25.0. The minimum Gasteiger partial charge on any atom is -0.304 e. The first kappa shape index (κ1) is 9.65. The quantitative estimate of drug-likeness (QED) is 0.362. The Morgan fingerprint density at radius 2 is 1.86 bits per heavy atom. The number of carbonyl (C=O) groups excluding carboxylic acids is 1. The van der Waals surface area contributed by atoms with E-state index in [0.717, 1.165) is 12.7 Å². The summed E-state index contributed by atoms with van der Waals surface area (Å²) in [7, 11) is 0. The van der Waals surface area contributed by atoms with Gasteiger partial charge in [0.25, 0.3) is 0 Å². The second-order valence-electron chi connectivity index (χ2n) is 0.933. The predicted octanol–water partition coefficient (Wildman–Crippen LogP) is 1.79. The molecule has 0 heterocycles. The molecular weight excluding hydrogens is 88.1 g/mol. The Bertz CT molecular complexity index is 39.4. The minimum absolute atomic E-state index is 0.750. The maximum absolute atomic E-state index is 8.81. The fraction of sp³-hybridized carbons (Fsp3) is 0.500. The molecule has 0 rings (SSSR count). The van der Waals surface area contributed by atoms with Crippen molar-refractivity contribution in [2.75, 3.05) is 0 Å². The summed E-state index contributed by atoms with van der Waals surface area (Å²) in [5.41, 5.74) is 0. The fourth-order valence-corrected chi connectivity index (χ4v) is 0. The number of aldehydes is 1. The van der Waals surface area contributed by atoms with Crippen molar-refractivity contribution in [3.05, 3.63) is 12.7 Å². The number of carbonyl (C=O) groups is 1. The van der Waals surface area contributed by atoms with Gasteiger partial charge in [0.05, 0.1) is 0 Å². The topological polar surface area (TPSA) is 17.1 Å². The lowest BCUT2D eigenvalue weighted by Gasteiger charge is -1.57. The summed E-state index contributed by atoms with van der Waals surface area (Å²) in [6, 6.07) is 0. The summed E-state index contributed by atoms with van der Waals surface area (Å²) in [6.07, 6.45) is 3.71. The summed E-state index contributed by atoms with van der Waals surface area (Å²) in [5.74, 6) is 0. The van der Waals surface area contributed by atoms with Crippen molar-refractivity contribution < 1.29 is 4.79 Å². The van der Waals surface area contributed by atoms with Crippen LogP contribution in [0.2, 0.25) is 0 Å². The van der Waals surface area contributed by atoms with Gasteiger partial charge in [-0.05, 0) is 13.3 Å². The van der Waals surface area contributed by atoms with Gasteiger partial charge in [-0.3, -0.25) is 0 Å². The van der Waals surface area contributed by atoms with Gasteiger partial charge in [0.2, 0.25) is 0 Å². The van der Waals surface area contributed by atoms with Crippen LogP contribution < -0.4 is 0 Å². The van der Waals surface area contributed by atoms with Crippen LogP contribution in [0.5, 0.6) is 0 Å². The average molecular weight is 100 g/mol. The van der Waals surface area contributed by atoms with Crippen LogP contribution in [-0.4, -0.2) is 6.29 Å². The molecule has 0 saturated heterocycles. The van der Waals surface area contributed by atoms with Crippen LogP contribution in [0.3, 0.4) is 0 Å². The molecule has 0 aromatic carbocycles. The van der Waals surface area contributed by atoms with Gasteiger partial charge in [-0.1, -0.05) is 13.0 Å². The molecule has 0 bridgehead atoms. The van der Waals surface area contributed by atoms with Crippen molar-refractivity contribution in [2.24, 2.45) is 0 Å². The largest absolute Gasteiger partial charge is 0.304 e. The standard InChI is InChI=1S/C4H8.C2H4O/c1-3-4-2;1-2-3/h3H,1,4H2,2H3;2H,1H3. The normalized spacial score (nSPS) is 5.43. The molecule has 0 aliphatic carbocycles. The van der Waals surface area contributed by atoms with Crippen molar-refractivity contribution in [3.8, 4) is 0 Å². The Morgan fingerprint density at radius 3 is 1.86 bits per heavy atom. The molecule has 7 heavy (non-hydrogen) atoms. The lowest BCUT2D eigenvalue weighted by atomic mass is 10.5. The van der Waals surface area contributed by atoms with Crippen LogP contribution in [-0.2, 0) is 4.79 Å². The Labute approximate surface area is 45.0 Å². The van der Waals surface area contributed by atoms with E-state index in [1.54, 1.807) is 0 Å². The van der Waals surface area contributed by atoms with E-state index >= 15 is 0 Å². The van der Waals surface area contributed by atoms with Gasteiger partial charge in [0, 0.05) is 0 Å². The summed E-state index contributed by atoms with van der Waals surface area (Å²) in [6.45, 7) is 6.99. The Balaban J connectivity index is 0. The first-order chi connectivity index (χ1) is 3.33. The molecule has 0 spiro atoms. The van der Waals surface area contributed by atoms with E-state index in [1.165, 1.54) is 6.92 Å². The third-order valence-corrected chi connectivity index (χ3v) is 0.289. The molecule has 0 aliphatic rings. The molecule has 0 amide bonds. The van der Waals surface area contributed by atoms with Gasteiger partial charge in [-0.15, -0.1) is 6.58 Å². The van der Waals surface area contributed by atoms with Gasteiger partial charge in [-0.25, -0.2) is 0 Å². The zero-order valence-electron chi connectivity index (χ0n) is 4.98. The molecule has 0 N–H and O–H groups in total. The average Bonchev–Trinajstić information content (AvgIpc) is 1.69. The molecule has 0 saturated carbocycles. The first-order valence-corrected chi connectivity index (χ1v) is 2.34. The van der Waals surface area contributed by atoms with E-state index in [1.807, 2.05) is 6.08 Å². The highest BCUT2D eigenvalue weighted by atomic mass is 16.1. The van der Waals surface area contributed by atoms with Crippen molar-refractivity contribution in [1.82, 2.24) is 0 Å². The van der Waals surface area contributed by atoms with Crippen LogP contribution >= 0.6 is 0 Å². The monoisotopic (exact) mass is 100 g/mol.